The first-order valence-corrected chi connectivity index (χ1v) is 6.64. The van der Waals surface area contributed by atoms with Gasteiger partial charge in [0.1, 0.15) is 6.04 Å². The molecule has 4 nitrogen and oxygen atoms in total. The highest BCUT2D eigenvalue weighted by atomic mass is 16.2. The number of nitrogens with two attached hydrogens (primary N) is 1. The van der Waals surface area contributed by atoms with Crippen LogP contribution in [-0.2, 0) is 16.0 Å². The molecule has 0 radical (unpaired) electrons. The first-order chi connectivity index (χ1) is 8.99. The van der Waals surface area contributed by atoms with Gasteiger partial charge >= 0.3 is 0 Å². The average Bonchev–Trinajstić information content (AvgIpc) is 3.16. The van der Waals surface area contributed by atoms with E-state index in [0.717, 1.165) is 29.5 Å². The summed E-state index contributed by atoms with van der Waals surface area (Å²) in [7, 11) is 0. The van der Waals surface area contributed by atoms with Crippen molar-refractivity contribution in [1.82, 2.24) is 5.32 Å². The number of nitrogens with one attached hydrogen (secondary N) is 1. The fourth-order valence-corrected chi connectivity index (χ4v) is 2.23. The lowest BCUT2D eigenvalue weighted by atomic mass is 9.96. The van der Waals surface area contributed by atoms with Crippen LogP contribution in [0, 0.1) is 19.8 Å². The van der Waals surface area contributed by atoms with Crippen LogP contribution in [0.25, 0.3) is 0 Å². The zero-order valence-corrected chi connectivity index (χ0v) is 11.4. The fourth-order valence-electron chi connectivity index (χ4n) is 2.23. The molecule has 19 heavy (non-hydrogen) atoms. The van der Waals surface area contributed by atoms with E-state index >= 15 is 0 Å². The van der Waals surface area contributed by atoms with Gasteiger partial charge in [-0.05, 0) is 43.4 Å². The molecule has 0 saturated heterocycles. The van der Waals surface area contributed by atoms with E-state index in [9.17, 15) is 9.59 Å². The molecule has 2 rings (SSSR count). The van der Waals surface area contributed by atoms with Crippen LogP contribution in [0.5, 0.6) is 0 Å². The Morgan fingerprint density at radius 1 is 1.32 bits per heavy atom. The molecule has 102 valence electrons. The Morgan fingerprint density at radius 2 is 1.89 bits per heavy atom. The van der Waals surface area contributed by atoms with Crippen LogP contribution < -0.4 is 11.1 Å². The summed E-state index contributed by atoms with van der Waals surface area (Å²) < 4.78 is 0. The van der Waals surface area contributed by atoms with E-state index in [1.54, 1.807) is 0 Å². The van der Waals surface area contributed by atoms with Gasteiger partial charge in [-0.2, -0.15) is 0 Å². The van der Waals surface area contributed by atoms with Gasteiger partial charge in [0.15, 0.2) is 0 Å². The summed E-state index contributed by atoms with van der Waals surface area (Å²) in [6.07, 6.45) is 2.30. The Bertz CT molecular complexity index is 487. The minimum Gasteiger partial charge on any atom is -0.368 e. The smallest absolute Gasteiger partial charge is 0.240 e. The predicted octanol–water partition coefficient (Wildman–Crippen LogP) is 1.23. The van der Waals surface area contributed by atoms with E-state index in [0.29, 0.717) is 6.42 Å². The maximum atomic E-state index is 11.8. The van der Waals surface area contributed by atoms with Crippen molar-refractivity contribution in [2.45, 2.75) is 39.2 Å². The third kappa shape index (κ3) is 3.34. The van der Waals surface area contributed by atoms with Crippen molar-refractivity contribution >= 4 is 11.8 Å². The van der Waals surface area contributed by atoms with Crippen LogP contribution in [0.4, 0.5) is 0 Å². The van der Waals surface area contributed by atoms with Gasteiger partial charge in [-0.25, -0.2) is 0 Å². The van der Waals surface area contributed by atoms with E-state index in [2.05, 4.69) is 5.32 Å². The van der Waals surface area contributed by atoms with Gasteiger partial charge in [0, 0.05) is 12.3 Å². The molecule has 4 heteroatoms. The predicted molar refractivity (Wildman–Crippen MR) is 73.5 cm³/mol. The Kier molecular flexibility index (Phi) is 3.88. The van der Waals surface area contributed by atoms with E-state index in [1.807, 2.05) is 32.0 Å². The summed E-state index contributed by atoms with van der Waals surface area (Å²) in [5.41, 5.74) is 8.72. The topological polar surface area (TPSA) is 72.2 Å². The van der Waals surface area contributed by atoms with Gasteiger partial charge < -0.3 is 11.1 Å². The lowest BCUT2D eigenvalue weighted by Crippen LogP contribution is -2.46. The first-order valence-electron chi connectivity index (χ1n) is 6.64. The van der Waals surface area contributed by atoms with Crippen molar-refractivity contribution in [3.63, 3.8) is 0 Å². The number of amides is 2. The second-order valence-electron chi connectivity index (χ2n) is 5.31. The van der Waals surface area contributed by atoms with Gasteiger partial charge in [-0.15, -0.1) is 0 Å². The number of hydrogen-bond acceptors (Lipinski definition) is 2. The normalized spacial score (nSPS) is 15.9. The highest BCUT2D eigenvalue weighted by Gasteiger charge is 2.32. The number of carbonyl (C=O) groups excluding carboxylic acids is 2. The number of benzene rings is 1. The largest absolute Gasteiger partial charge is 0.368 e. The molecule has 3 N–H and O–H groups in total. The van der Waals surface area contributed by atoms with Crippen molar-refractivity contribution in [1.29, 1.82) is 0 Å². The van der Waals surface area contributed by atoms with Crippen LogP contribution in [0.3, 0.4) is 0 Å². The fraction of sp³-hybridized carbons (Fsp3) is 0.467. The molecule has 1 aromatic rings. The van der Waals surface area contributed by atoms with Gasteiger partial charge in [0.05, 0.1) is 0 Å². The second-order valence-corrected chi connectivity index (χ2v) is 5.31. The summed E-state index contributed by atoms with van der Waals surface area (Å²) in [4.78, 5) is 23.3. The SMILES string of the molecule is Cc1cccc(C)c1C[C@@H](NC(=O)C1CC1)C(N)=O. The molecular formula is C15H20N2O2. The molecule has 0 aromatic heterocycles. The van der Waals surface area contributed by atoms with Crippen molar-refractivity contribution in [3.05, 3.63) is 34.9 Å². The quantitative estimate of drug-likeness (QED) is 0.835. The van der Waals surface area contributed by atoms with Crippen LogP contribution in [0.2, 0.25) is 0 Å². The van der Waals surface area contributed by atoms with Gasteiger partial charge in [-0.3, -0.25) is 9.59 Å². The number of hydrogen-bond donors (Lipinski definition) is 2. The number of carbonyl (C=O) groups is 2. The highest BCUT2D eigenvalue weighted by molar-refractivity contribution is 5.88. The molecule has 1 atom stereocenters. The van der Waals surface area contributed by atoms with Crippen LogP contribution in [0.15, 0.2) is 18.2 Å². The van der Waals surface area contributed by atoms with Crippen LogP contribution in [-0.4, -0.2) is 17.9 Å². The minimum atomic E-state index is -0.618. The van der Waals surface area contributed by atoms with Crippen molar-refractivity contribution in [2.75, 3.05) is 0 Å². The van der Waals surface area contributed by atoms with Crippen LogP contribution >= 0.6 is 0 Å². The standard InChI is InChI=1S/C15H20N2O2/c1-9-4-3-5-10(2)12(9)8-13(14(16)18)17-15(19)11-6-7-11/h3-5,11,13H,6-8H2,1-2H3,(H2,16,18)(H,17,19)/t13-/m1/s1. The van der Waals surface area contributed by atoms with Gasteiger partial charge in [0.25, 0.3) is 0 Å². The van der Waals surface area contributed by atoms with Crippen molar-refractivity contribution in [2.24, 2.45) is 11.7 Å². The lowest BCUT2D eigenvalue weighted by Gasteiger charge is -2.18. The second kappa shape index (κ2) is 5.43. The Labute approximate surface area is 113 Å². The molecule has 0 aliphatic heterocycles. The monoisotopic (exact) mass is 260 g/mol. The zero-order valence-electron chi connectivity index (χ0n) is 11.4. The molecule has 0 heterocycles. The van der Waals surface area contributed by atoms with Crippen molar-refractivity contribution in [3.8, 4) is 0 Å². The van der Waals surface area contributed by atoms with Crippen LogP contribution in [0.1, 0.15) is 29.5 Å². The summed E-state index contributed by atoms with van der Waals surface area (Å²) >= 11 is 0. The third-order valence-electron chi connectivity index (χ3n) is 3.66. The summed E-state index contributed by atoms with van der Waals surface area (Å²) in [5.74, 6) is -0.438. The maximum Gasteiger partial charge on any atom is 0.240 e. The maximum absolute atomic E-state index is 11.8. The highest BCUT2D eigenvalue weighted by Crippen LogP contribution is 2.29. The average molecular weight is 260 g/mol. The zero-order chi connectivity index (χ0) is 14.0. The van der Waals surface area contributed by atoms with E-state index < -0.39 is 11.9 Å². The first kappa shape index (κ1) is 13.6. The molecule has 0 spiro atoms. The Morgan fingerprint density at radius 3 is 2.37 bits per heavy atom. The van der Waals surface area contributed by atoms with Gasteiger partial charge in [0.2, 0.25) is 11.8 Å². The summed E-state index contributed by atoms with van der Waals surface area (Å²) in [5, 5.41) is 2.77. The van der Waals surface area contributed by atoms with E-state index in [-0.39, 0.29) is 11.8 Å². The molecule has 2 amide bonds. The Balaban J connectivity index is 2.11. The molecule has 0 bridgehead atoms. The molecule has 1 saturated carbocycles. The van der Waals surface area contributed by atoms with Gasteiger partial charge in [-0.1, -0.05) is 18.2 Å². The minimum absolute atomic E-state index is 0.0463. The van der Waals surface area contributed by atoms with E-state index in [1.165, 1.54) is 0 Å². The van der Waals surface area contributed by atoms with Crippen molar-refractivity contribution < 1.29 is 9.59 Å². The molecule has 1 aromatic carbocycles. The third-order valence-corrected chi connectivity index (χ3v) is 3.66. The number of aryl methyl sites for hydroxylation is 2. The Hall–Kier alpha value is -1.84. The summed E-state index contributed by atoms with van der Waals surface area (Å²) in [6, 6.07) is 5.37. The number of primary amides is 1. The lowest BCUT2D eigenvalue weighted by molar-refractivity contribution is -0.128. The molecule has 0 unspecified atom stereocenters. The number of rotatable bonds is 5. The molecule has 1 fully saturated rings. The molecule has 1 aliphatic rings. The summed E-state index contributed by atoms with van der Waals surface area (Å²) in [6.45, 7) is 4.01. The molecular weight excluding hydrogens is 240 g/mol. The van der Waals surface area contributed by atoms with E-state index in [4.69, 9.17) is 5.73 Å². The molecule has 1 aliphatic carbocycles.